The Bertz CT molecular complexity index is 475. The number of halogens is 1. The predicted molar refractivity (Wildman–Crippen MR) is 45.2 cm³/mol. The molecule has 66 valence electrons. The molecule has 0 aliphatic rings. The van der Waals surface area contributed by atoms with Gasteiger partial charge >= 0.3 is 5.97 Å². The van der Waals surface area contributed by atoms with Gasteiger partial charge in [-0.1, -0.05) is 0 Å². The first-order valence-electron chi connectivity index (χ1n) is 3.68. The summed E-state index contributed by atoms with van der Waals surface area (Å²) in [7, 11) is 0. The molecule has 0 saturated carbocycles. The number of carboxylic acids is 1. The number of nitrogens with one attached hydrogen (secondary N) is 1. The van der Waals surface area contributed by atoms with Gasteiger partial charge in [-0.2, -0.15) is 0 Å². The highest BCUT2D eigenvalue weighted by Crippen LogP contribution is 2.16. The van der Waals surface area contributed by atoms with Gasteiger partial charge in [-0.3, -0.25) is 0 Å². The Hall–Kier alpha value is -1.84. The van der Waals surface area contributed by atoms with Crippen LogP contribution in [0.25, 0.3) is 10.9 Å². The maximum absolute atomic E-state index is 12.7. The Morgan fingerprint density at radius 2 is 2.15 bits per heavy atom. The van der Waals surface area contributed by atoms with Gasteiger partial charge < -0.3 is 10.1 Å². The van der Waals surface area contributed by atoms with E-state index in [1.807, 2.05) is 0 Å². The van der Waals surface area contributed by atoms with Crippen molar-refractivity contribution in [2.45, 2.75) is 0 Å². The zero-order valence-electron chi connectivity index (χ0n) is 6.54. The maximum atomic E-state index is 12.7. The first-order valence-corrected chi connectivity index (χ1v) is 3.68. The maximum Gasteiger partial charge on any atom is 0.352 e. The third kappa shape index (κ3) is 1.26. The van der Waals surface area contributed by atoms with Crippen LogP contribution in [0.3, 0.4) is 0 Å². The van der Waals surface area contributed by atoms with E-state index in [0.29, 0.717) is 10.9 Å². The lowest BCUT2D eigenvalue weighted by Gasteiger charge is -1.87. The number of aromatic amines is 1. The molecule has 1 aromatic carbocycles. The Kier molecular flexibility index (Phi) is 1.55. The van der Waals surface area contributed by atoms with Crippen LogP contribution >= 0.6 is 0 Å². The summed E-state index contributed by atoms with van der Waals surface area (Å²) in [5, 5.41) is 9.32. The lowest BCUT2D eigenvalue weighted by Crippen LogP contribution is -1.94. The fourth-order valence-corrected chi connectivity index (χ4v) is 1.21. The summed E-state index contributed by atoms with van der Waals surface area (Å²) in [6.07, 6.45) is 0. The molecule has 0 spiro atoms. The molecule has 0 aliphatic carbocycles. The Labute approximate surface area is 72.8 Å². The van der Waals surface area contributed by atoms with Gasteiger partial charge in [0.1, 0.15) is 11.5 Å². The average molecular weight is 179 g/mol. The highest BCUT2D eigenvalue weighted by atomic mass is 19.1. The van der Waals surface area contributed by atoms with E-state index >= 15 is 0 Å². The van der Waals surface area contributed by atoms with Gasteiger partial charge in [-0.05, 0) is 24.3 Å². The van der Waals surface area contributed by atoms with Crippen molar-refractivity contribution in [3.8, 4) is 0 Å². The molecule has 2 aromatic rings. The zero-order valence-corrected chi connectivity index (χ0v) is 6.54. The second-order valence-electron chi connectivity index (χ2n) is 2.72. The van der Waals surface area contributed by atoms with E-state index in [4.69, 9.17) is 5.11 Å². The standard InChI is InChI=1S/C9H6FNO2/c10-6-2-1-5-3-8(9(12)13)11-7(5)4-6/h1-4,11H,(H,12,13). The van der Waals surface area contributed by atoms with Gasteiger partial charge in [0.2, 0.25) is 0 Å². The first-order chi connectivity index (χ1) is 6.16. The highest BCUT2D eigenvalue weighted by Gasteiger charge is 2.06. The molecule has 0 amide bonds. The SMILES string of the molecule is O=C(O)c1cc2ccc(F)cc2[nH]1. The Morgan fingerprint density at radius 3 is 2.85 bits per heavy atom. The van der Waals surface area contributed by atoms with E-state index in [9.17, 15) is 9.18 Å². The highest BCUT2D eigenvalue weighted by molar-refractivity contribution is 5.93. The summed E-state index contributed by atoms with van der Waals surface area (Å²) >= 11 is 0. The number of aromatic nitrogens is 1. The van der Waals surface area contributed by atoms with Crippen molar-refractivity contribution in [2.24, 2.45) is 0 Å². The third-order valence-electron chi connectivity index (χ3n) is 1.81. The minimum Gasteiger partial charge on any atom is -0.477 e. The molecule has 0 fully saturated rings. The molecule has 4 heteroatoms. The summed E-state index contributed by atoms with van der Waals surface area (Å²) < 4.78 is 12.7. The van der Waals surface area contributed by atoms with E-state index in [1.165, 1.54) is 24.3 Å². The molecule has 1 heterocycles. The van der Waals surface area contributed by atoms with Gasteiger partial charge in [0.25, 0.3) is 0 Å². The minimum absolute atomic E-state index is 0.0700. The number of carbonyl (C=O) groups is 1. The van der Waals surface area contributed by atoms with Crippen molar-refractivity contribution in [3.05, 3.63) is 35.8 Å². The normalized spacial score (nSPS) is 10.5. The fourth-order valence-electron chi connectivity index (χ4n) is 1.21. The van der Waals surface area contributed by atoms with Crippen LogP contribution in [0.5, 0.6) is 0 Å². The van der Waals surface area contributed by atoms with Crippen molar-refractivity contribution in [1.29, 1.82) is 0 Å². The number of hydrogen-bond donors (Lipinski definition) is 2. The number of fused-ring (bicyclic) bond motifs is 1. The van der Waals surface area contributed by atoms with Gasteiger partial charge in [-0.15, -0.1) is 0 Å². The molecule has 2 rings (SSSR count). The molecule has 1 aromatic heterocycles. The quantitative estimate of drug-likeness (QED) is 0.703. The smallest absolute Gasteiger partial charge is 0.352 e. The van der Waals surface area contributed by atoms with Crippen LogP contribution in [0.2, 0.25) is 0 Å². The summed E-state index contributed by atoms with van der Waals surface area (Å²) in [5.41, 5.74) is 0.568. The second-order valence-corrected chi connectivity index (χ2v) is 2.72. The van der Waals surface area contributed by atoms with Crippen molar-refractivity contribution in [3.63, 3.8) is 0 Å². The van der Waals surface area contributed by atoms with Crippen LogP contribution in [0, 0.1) is 5.82 Å². The number of benzene rings is 1. The van der Waals surface area contributed by atoms with Crippen LogP contribution in [-0.4, -0.2) is 16.1 Å². The lowest BCUT2D eigenvalue weighted by molar-refractivity contribution is 0.0691. The van der Waals surface area contributed by atoms with Crippen LogP contribution in [0.15, 0.2) is 24.3 Å². The Balaban J connectivity index is 2.68. The molecule has 0 aliphatic heterocycles. The molecule has 0 unspecified atom stereocenters. The zero-order chi connectivity index (χ0) is 9.42. The van der Waals surface area contributed by atoms with Gasteiger partial charge in [0.05, 0.1) is 0 Å². The van der Waals surface area contributed by atoms with Gasteiger partial charge in [-0.25, -0.2) is 9.18 Å². The second kappa shape index (κ2) is 2.58. The van der Waals surface area contributed by atoms with Crippen LogP contribution in [0.4, 0.5) is 4.39 Å². The number of rotatable bonds is 1. The molecular weight excluding hydrogens is 173 g/mol. The largest absolute Gasteiger partial charge is 0.477 e. The molecule has 0 atom stereocenters. The number of hydrogen-bond acceptors (Lipinski definition) is 1. The fraction of sp³-hybridized carbons (Fsp3) is 0. The van der Waals surface area contributed by atoms with E-state index in [2.05, 4.69) is 4.98 Å². The summed E-state index contributed by atoms with van der Waals surface area (Å²) in [5.74, 6) is -1.43. The van der Waals surface area contributed by atoms with Gasteiger partial charge in [0, 0.05) is 10.9 Å². The summed E-state index contributed by atoms with van der Waals surface area (Å²) in [6.45, 7) is 0. The van der Waals surface area contributed by atoms with Crippen LogP contribution in [0.1, 0.15) is 10.5 Å². The van der Waals surface area contributed by atoms with Crippen LogP contribution < -0.4 is 0 Å². The summed E-state index contributed by atoms with van der Waals surface area (Å²) in [4.78, 5) is 13.1. The average Bonchev–Trinajstić information content (AvgIpc) is 2.46. The van der Waals surface area contributed by atoms with E-state index in [-0.39, 0.29) is 11.5 Å². The van der Waals surface area contributed by atoms with Crippen LogP contribution in [-0.2, 0) is 0 Å². The molecule has 2 N–H and O–H groups in total. The lowest BCUT2D eigenvalue weighted by atomic mass is 10.2. The third-order valence-corrected chi connectivity index (χ3v) is 1.81. The number of aromatic carboxylic acids is 1. The molecule has 0 radical (unpaired) electrons. The molecule has 13 heavy (non-hydrogen) atoms. The predicted octanol–water partition coefficient (Wildman–Crippen LogP) is 2.01. The number of H-pyrrole nitrogens is 1. The van der Waals surface area contributed by atoms with E-state index < -0.39 is 5.97 Å². The van der Waals surface area contributed by atoms with Crippen molar-refractivity contribution >= 4 is 16.9 Å². The topological polar surface area (TPSA) is 53.1 Å². The van der Waals surface area contributed by atoms with Crippen molar-refractivity contribution in [2.75, 3.05) is 0 Å². The Morgan fingerprint density at radius 1 is 1.38 bits per heavy atom. The minimum atomic E-state index is -1.04. The molecular formula is C9H6FNO2. The van der Waals surface area contributed by atoms with Crippen molar-refractivity contribution < 1.29 is 14.3 Å². The van der Waals surface area contributed by atoms with E-state index in [1.54, 1.807) is 0 Å². The number of carboxylic acid groups (broad SMARTS) is 1. The molecule has 0 saturated heterocycles. The first kappa shape index (κ1) is 7.79. The monoisotopic (exact) mass is 179 g/mol. The molecule has 0 bridgehead atoms. The van der Waals surface area contributed by atoms with Crippen molar-refractivity contribution in [1.82, 2.24) is 4.98 Å². The molecule has 3 nitrogen and oxygen atoms in total. The van der Waals surface area contributed by atoms with E-state index in [0.717, 1.165) is 0 Å². The van der Waals surface area contributed by atoms with Gasteiger partial charge in [0.15, 0.2) is 0 Å². The summed E-state index contributed by atoms with van der Waals surface area (Å²) in [6, 6.07) is 5.56.